The molecule has 0 spiro atoms. The topological polar surface area (TPSA) is 42.4 Å². The number of alkyl halides is 3. The Morgan fingerprint density at radius 1 is 1.37 bits per heavy atom. The maximum Gasteiger partial charge on any atom is 0.416 e. The molecule has 1 N–H and O–H groups in total. The van der Waals surface area contributed by atoms with Crippen molar-refractivity contribution in [2.75, 3.05) is 6.61 Å². The zero-order valence-corrected chi connectivity index (χ0v) is 10.8. The summed E-state index contributed by atoms with van der Waals surface area (Å²) in [5.41, 5.74) is -3.21. The van der Waals surface area contributed by atoms with Gasteiger partial charge in [0.1, 0.15) is 0 Å². The highest BCUT2D eigenvalue weighted by Crippen LogP contribution is 2.43. The molecule has 0 radical (unpaired) electrons. The molecule has 1 aromatic heterocycles. The Morgan fingerprint density at radius 3 is 2.63 bits per heavy atom. The monoisotopic (exact) mass is 275 g/mol. The van der Waals surface area contributed by atoms with Gasteiger partial charge in [-0.2, -0.15) is 13.2 Å². The van der Waals surface area contributed by atoms with Gasteiger partial charge < -0.3 is 9.84 Å². The van der Waals surface area contributed by atoms with Crippen molar-refractivity contribution < 1.29 is 23.0 Å². The molecule has 1 fully saturated rings. The third-order valence-corrected chi connectivity index (χ3v) is 3.35. The lowest BCUT2D eigenvalue weighted by Gasteiger charge is -2.42. The number of nitrogens with zero attached hydrogens (tertiary/aromatic N) is 1. The highest BCUT2D eigenvalue weighted by Gasteiger charge is 2.45. The molecule has 106 valence electrons. The summed E-state index contributed by atoms with van der Waals surface area (Å²) in [6.07, 6.45) is -2.08. The smallest absolute Gasteiger partial charge is 0.385 e. The van der Waals surface area contributed by atoms with Crippen LogP contribution in [-0.4, -0.2) is 22.3 Å². The molecule has 0 amide bonds. The van der Waals surface area contributed by atoms with Crippen molar-refractivity contribution in [1.29, 1.82) is 0 Å². The summed E-state index contributed by atoms with van der Waals surface area (Å²) in [5, 5.41) is 10.6. The van der Waals surface area contributed by atoms with Crippen LogP contribution in [0.3, 0.4) is 0 Å². The molecule has 2 rings (SSSR count). The molecule has 3 nitrogen and oxygen atoms in total. The van der Waals surface area contributed by atoms with E-state index in [1.54, 1.807) is 13.8 Å². The third-order valence-electron chi connectivity index (χ3n) is 3.35. The first-order valence-electron chi connectivity index (χ1n) is 6.02. The van der Waals surface area contributed by atoms with Gasteiger partial charge in [0.05, 0.1) is 23.4 Å². The molecule has 1 aromatic rings. The Balaban J connectivity index is 2.46. The lowest BCUT2D eigenvalue weighted by molar-refractivity contribution is -0.160. The Morgan fingerprint density at radius 2 is 2.05 bits per heavy atom. The first-order valence-corrected chi connectivity index (χ1v) is 6.02. The summed E-state index contributed by atoms with van der Waals surface area (Å²) in [7, 11) is 0. The summed E-state index contributed by atoms with van der Waals surface area (Å²) in [6.45, 7) is 3.72. The van der Waals surface area contributed by atoms with E-state index in [1.807, 2.05) is 0 Å². The van der Waals surface area contributed by atoms with Crippen molar-refractivity contribution >= 4 is 0 Å². The van der Waals surface area contributed by atoms with E-state index >= 15 is 0 Å². The molecule has 0 saturated carbocycles. The minimum atomic E-state index is -4.50. The van der Waals surface area contributed by atoms with Crippen LogP contribution in [0.15, 0.2) is 18.5 Å². The Bertz CT molecular complexity index is 473. The van der Waals surface area contributed by atoms with E-state index in [0.29, 0.717) is 0 Å². The molecule has 1 unspecified atom stereocenters. The maximum atomic E-state index is 13.0. The fourth-order valence-electron chi connectivity index (χ4n) is 2.58. The van der Waals surface area contributed by atoms with Gasteiger partial charge in [0.2, 0.25) is 0 Å². The van der Waals surface area contributed by atoms with Crippen LogP contribution in [0.4, 0.5) is 13.2 Å². The maximum absolute atomic E-state index is 13.0. The summed E-state index contributed by atoms with van der Waals surface area (Å²) in [6, 6.07) is 0.899. The number of hydrogen-bond donors (Lipinski definition) is 1. The van der Waals surface area contributed by atoms with Crippen molar-refractivity contribution in [3.05, 3.63) is 29.6 Å². The second kappa shape index (κ2) is 4.45. The van der Waals surface area contributed by atoms with Crippen molar-refractivity contribution in [3.8, 4) is 0 Å². The van der Waals surface area contributed by atoms with E-state index in [1.165, 1.54) is 0 Å². The highest BCUT2D eigenvalue weighted by atomic mass is 19.4. The van der Waals surface area contributed by atoms with Crippen LogP contribution in [0, 0.1) is 0 Å². The first-order chi connectivity index (χ1) is 8.64. The lowest BCUT2D eigenvalue weighted by atomic mass is 9.78. The predicted octanol–water partition coefficient (Wildman–Crippen LogP) is 2.88. The van der Waals surface area contributed by atoms with Gasteiger partial charge in [-0.15, -0.1) is 0 Å². The SMILES string of the molecule is CC1(C)CC(O)(c2cnccc2C(F)(F)F)CCO1. The number of aromatic nitrogens is 1. The zero-order valence-electron chi connectivity index (χ0n) is 10.8. The van der Waals surface area contributed by atoms with Crippen LogP contribution in [0.5, 0.6) is 0 Å². The molecule has 1 aliphatic heterocycles. The summed E-state index contributed by atoms with van der Waals surface area (Å²) in [4.78, 5) is 3.73. The standard InChI is InChI=1S/C13H16F3NO2/c1-11(2)8-12(18,4-6-19-11)10-7-17-5-3-9(10)13(14,15)16/h3,5,7,18H,4,6,8H2,1-2H3. The molecule has 1 saturated heterocycles. The van der Waals surface area contributed by atoms with Crippen molar-refractivity contribution in [1.82, 2.24) is 4.98 Å². The number of ether oxygens (including phenoxy) is 1. The van der Waals surface area contributed by atoms with Gasteiger partial charge in [0.25, 0.3) is 0 Å². The fourth-order valence-corrected chi connectivity index (χ4v) is 2.58. The van der Waals surface area contributed by atoms with E-state index in [2.05, 4.69) is 4.98 Å². The molecular weight excluding hydrogens is 259 g/mol. The fraction of sp³-hybridized carbons (Fsp3) is 0.615. The molecule has 2 heterocycles. The second-order valence-corrected chi connectivity index (χ2v) is 5.49. The molecule has 1 atom stereocenters. The van der Waals surface area contributed by atoms with Crippen LogP contribution >= 0.6 is 0 Å². The van der Waals surface area contributed by atoms with E-state index in [-0.39, 0.29) is 25.0 Å². The number of pyridine rings is 1. The van der Waals surface area contributed by atoms with Gasteiger partial charge in [-0.25, -0.2) is 0 Å². The van der Waals surface area contributed by atoms with Gasteiger partial charge in [-0.3, -0.25) is 4.98 Å². The number of hydrogen-bond acceptors (Lipinski definition) is 3. The van der Waals surface area contributed by atoms with Crippen molar-refractivity contribution in [2.45, 2.75) is 44.1 Å². The van der Waals surface area contributed by atoms with Crippen molar-refractivity contribution in [2.24, 2.45) is 0 Å². The van der Waals surface area contributed by atoms with E-state index in [0.717, 1.165) is 18.5 Å². The average Bonchev–Trinajstić information content (AvgIpc) is 2.26. The second-order valence-electron chi connectivity index (χ2n) is 5.49. The lowest BCUT2D eigenvalue weighted by Crippen LogP contribution is -2.44. The number of halogens is 3. The number of rotatable bonds is 1. The van der Waals surface area contributed by atoms with Crippen LogP contribution in [0.1, 0.15) is 37.8 Å². The zero-order chi connectivity index (χ0) is 14.3. The van der Waals surface area contributed by atoms with Crippen LogP contribution in [0.25, 0.3) is 0 Å². The Hall–Kier alpha value is -1.14. The van der Waals surface area contributed by atoms with Gasteiger partial charge >= 0.3 is 6.18 Å². The Kier molecular flexibility index (Phi) is 3.35. The molecule has 0 aliphatic carbocycles. The summed E-state index contributed by atoms with van der Waals surface area (Å²) >= 11 is 0. The molecule has 6 heteroatoms. The molecular formula is C13H16F3NO2. The van der Waals surface area contributed by atoms with Crippen LogP contribution < -0.4 is 0 Å². The number of aliphatic hydroxyl groups is 1. The van der Waals surface area contributed by atoms with Crippen molar-refractivity contribution in [3.63, 3.8) is 0 Å². The van der Waals surface area contributed by atoms with Crippen LogP contribution in [0.2, 0.25) is 0 Å². The average molecular weight is 275 g/mol. The third kappa shape index (κ3) is 2.90. The molecule has 19 heavy (non-hydrogen) atoms. The highest BCUT2D eigenvalue weighted by molar-refractivity contribution is 5.32. The molecule has 0 aromatic carbocycles. The predicted molar refractivity (Wildman–Crippen MR) is 62.4 cm³/mol. The van der Waals surface area contributed by atoms with Gasteiger partial charge in [-0.1, -0.05) is 0 Å². The largest absolute Gasteiger partial charge is 0.416 e. The van der Waals surface area contributed by atoms with Gasteiger partial charge in [0, 0.05) is 30.8 Å². The minimum absolute atomic E-state index is 0.106. The molecule has 1 aliphatic rings. The van der Waals surface area contributed by atoms with E-state index in [9.17, 15) is 18.3 Å². The summed E-state index contributed by atoms with van der Waals surface area (Å²) in [5.74, 6) is 0. The summed E-state index contributed by atoms with van der Waals surface area (Å²) < 4.78 is 44.4. The van der Waals surface area contributed by atoms with Gasteiger partial charge in [0.15, 0.2) is 0 Å². The minimum Gasteiger partial charge on any atom is -0.385 e. The Labute approximate surface area is 109 Å². The van der Waals surface area contributed by atoms with Gasteiger partial charge in [-0.05, 0) is 19.9 Å². The van der Waals surface area contributed by atoms with E-state index < -0.39 is 22.9 Å². The first kappa shape index (κ1) is 14.3. The normalized spacial score (nSPS) is 27.3. The van der Waals surface area contributed by atoms with Crippen LogP contribution in [-0.2, 0) is 16.5 Å². The van der Waals surface area contributed by atoms with E-state index in [4.69, 9.17) is 4.74 Å². The molecule has 0 bridgehead atoms. The quantitative estimate of drug-likeness (QED) is 0.857.